The van der Waals surface area contributed by atoms with Crippen LogP contribution in [0, 0.1) is 6.07 Å². The fraction of sp³-hybridized carbons (Fsp3) is 0.588. The number of carbonyl (C=O) groups is 1. The topological polar surface area (TPSA) is 57.5 Å². The number of ketones is 1. The van der Waals surface area contributed by atoms with Crippen molar-refractivity contribution in [3.05, 3.63) is 35.4 Å². The van der Waals surface area contributed by atoms with Gasteiger partial charge in [-0.1, -0.05) is 51.2 Å². The van der Waals surface area contributed by atoms with E-state index < -0.39 is 18.5 Å². The highest BCUT2D eigenvalue weighted by atomic mass is 16.3. The summed E-state index contributed by atoms with van der Waals surface area (Å²) in [6.07, 6.45) is 7.05. The molecular weight excluding hydrogens is 252 g/mol. The quantitative estimate of drug-likeness (QED) is 0.510. The highest BCUT2D eigenvalue weighted by molar-refractivity contribution is 5.99. The van der Waals surface area contributed by atoms with E-state index in [1.54, 1.807) is 12.1 Å². The Labute approximate surface area is 121 Å². The zero-order chi connectivity index (χ0) is 14.8. The lowest BCUT2D eigenvalue weighted by Crippen LogP contribution is -2.24. The number of aryl methyl sites for hydroxylation is 1. The molecule has 0 bridgehead atoms. The van der Waals surface area contributed by atoms with Gasteiger partial charge in [-0.2, -0.15) is 0 Å². The van der Waals surface area contributed by atoms with Crippen LogP contribution in [0.2, 0.25) is 0 Å². The lowest BCUT2D eigenvalue weighted by Gasteiger charge is -2.07. The first-order valence-electron chi connectivity index (χ1n) is 7.52. The predicted molar refractivity (Wildman–Crippen MR) is 79.8 cm³/mol. The molecule has 0 saturated carbocycles. The van der Waals surface area contributed by atoms with E-state index in [2.05, 4.69) is 13.0 Å². The second kappa shape index (κ2) is 9.67. The van der Waals surface area contributed by atoms with Gasteiger partial charge in [-0.15, -0.1) is 0 Å². The largest absolute Gasteiger partial charge is 0.393 e. The second-order valence-corrected chi connectivity index (χ2v) is 5.19. The van der Waals surface area contributed by atoms with Gasteiger partial charge < -0.3 is 10.2 Å². The molecule has 0 heterocycles. The second-order valence-electron chi connectivity index (χ2n) is 5.19. The van der Waals surface area contributed by atoms with Gasteiger partial charge in [0, 0.05) is 5.56 Å². The normalized spacial score (nSPS) is 12.3. The van der Waals surface area contributed by atoms with E-state index in [1.807, 2.05) is 6.07 Å². The van der Waals surface area contributed by atoms with E-state index in [0.717, 1.165) is 18.4 Å². The standard InChI is InChI=1S/C17H25O3/c1-2-3-4-5-6-7-9-14-10-8-11-15(12-14)17(20)16(19)13-18/h8,10,12,16,18-19H,2-7,9,13H2,1H3. The van der Waals surface area contributed by atoms with Crippen molar-refractivity contribution in [2.75, 3.05) is 6.61 Å². The first kappa shape index (κ1) is 16.9. The van der Waals surface area contributed by atoms with Crippen LogP contribution in [-0.4, -0.2) is 28.7 Å². The summed E-state index contributed by atoms with van der Waals surface area (Å²) in [6, 6.07) is 8.26. The summed E-state index contributed by atoms with van der Waals surface area (Å²) in [5, 5.41) is 18.1. The summed E-state index contributed by atoms with van der Waals surface area (Å²) in [7, 11) is 0. The zero-order valence-electron chi connectivity index (χ0n) is 12.3. The summed E-state index contributed by atoms with van der Waals surface area (Å²) in [4.78, 5) is 11.7. The lowest BCUT2D eigenvalue weighted by atomic mass is 10.00. The zero-order valence-corrected chi connectivity index (χ0v) is 12.3. The molecule has 111 valence electrons. The van der Waals surface area contributed by atoms with Crippen molar-refractivity contribution in [2.45, 2.75) is 58.0 Å². The molecule has 1 radical (unpaired) electrons. The summed E-state index contributed by atoms with van der Waals surface area (Å²) < 4.78 is 0. The van der Waals surface area contributed by atoms with Crippen LogP contribution in [0.15, 0.2) is 18.2 Å². The van der Waals surface area contributed by atoms with Gasteiger partial charge in [-0.05, 0) is 30.5 Å². The number of hydrogen-bond acceptors (Lipinski definition) is 3. The van der Waals surface area contributed by atoms with E-state index in [4.69, 9.17) is 5.11 Å². The molecule has 0 spiro atoms. The summed E-state index contributed by atoms with van der Waals surface area (Å²) in [6.45, 7) is 1.66. The number of benzene rings is 1. The van der Waals surface area contributed by atoms with E-state index in [9.17, 15) is 9.90 Å². The number of hydrogen-bond donors (Lipinski definition) is 2. The maximum Gasteiger partial charge on any atom is 0.194 e. The predicted octanol–water partition coefficient (Wildman–Crippen LogP) is 2.93. The monoisotopic (exact) mass is 277 g/mol. The minimum absolute atomic E-state index is 0.357. The fourth-order valence-electron chi connectivity index (χ4n) is 2.18. The first-order chi connectivity index (χ1) is 9.69. The van der Waals surface area contributed by atoms with E-state index in [1.165, 1.54) is 32.1 Å². The maximum absolute atomic E-state index is 11.7. The average molecular weight is 277 g/mol. The Hall–Kier alpha value is -1.19. The van der Waals surface area contributed by atoms with Crippen molar-refractivity contribution >= 4 is 5.78 Å². The highest BCUT2D eigenvalue weighted by Gasteiger charge is 2.16. The van der Waals surface area contributed by atoms with Crippen LogP contribution in [0.1, 0.15) is 61.4 Å². The molecule has 0 amide bonds. The number of carbonyl (C=O) groups excluding carboxylic acids is 1. The molecule has 0 aliphatic rings. The summed E-state index contributed by atoms with van der Waals surface area (Å²) >= 11 is 0. The van der Waals surface area contributed by atoms with Crippen LogP contribution in [0.25, 0.3) is 0 Å². The smallest absolute Gasteiger partial charge is 0.194 e. The molecule has 0 aliphatic carbocycles. The number of aliphatic hydroxyl groups excluding tert-OH is 2. The Morgan fingerprint density at radius 1 is 1.25 bits per heavy atom. The van der Waals surface area contributed by atoms with Gasteiger partial charge in [0.2, 0.25) is 0 Å². The van der Waals surface area contributed by atoms with Crippen LogP contribution < -0.4 is 0 Å². The van der Waals surface area contributed by atoms with Crippen molar-refractivity contribution in [1.29, 1.82) is 0 Å². The van der Waals surface area contributed by atoms with Crippen molar-refractivity contribution in [1.82, 2.24) is 0 Å². The van der Waals surface area contributed by atoms with Crippen molar-refractivity contribution in [3.8, 4) is 0 Å². The Kier molecular flexibility index (Phi) is 8.16. The van der Waals surface area contributed by atoms with Gasteiger partial charge in [0.25, 0.3) is 0 Å². The third kappa shape index (κ3) is 5.85. The van der Waals surface area contributed by atoms with Crippen molar-refractivity contribution < 1.29 is 15.0 Å². The molecular formula is C17H25O3. The molecule has 1 aromatic carbocycles. The number of aliphatic hydroxyl groups is 2. The lowest BCUT2D eigenvalue weighted by molar-refractivity contribution is 0.0587. The van der Waals surface area contributed by atoms with Gasteiger partial charge in [-0.25, -0.2) is 0 Å². The SMILES string of the molecule is CCCCCCCCc1cc[c]c(C(=O)C(O)CO)c1. The van der Waals surface area contributed by atoms with Crippen LogP contribution in [0.5, 0.6) is 0 Å². The van der Waals surface area contributed by atoms with E-state index >= 15 is 0 Å². The molecule has 1 aromatic rings. The van der Waals surface area contributed by atoms with Gasteiger partial charge >= 0.3 is 0 Å². The number of rotatable bonds is 10. The van der Waals surface area contributed by atoms with Crippen molar-refractivity contribution in [2.24, 2.45) is 0 Å². The molecule has 3 heteroatoms. The Balaban J connectivity index is 2.42. The number of Topliss-reactive ketones (excluding diaryl/α,β-unsaturated/α-hetero) is 1. The third-order valence-electron chi connectivity index (χ3n) is 3.43. The molecule has 20 heavy (non-hydrogen) atoms. The van der Waals surface area contributed by atoms with Gasteiger partial charge in [0.15, 0.2) is 5.78 Å². The molecule has 3 nitrogen and oxygen atoms in total. The summed E-state index contributed by atoms with van der Waals surface area (Å²) in [5.41, 5.74) is 1.45. The third-order valence-corrected chi connectivity index (χ3v) is 3.43. The van der Waals surface area contributed by atoms with Gasteiger partial charge in [-0.3, -0.25) is 4.79 Å². The van der Waals surface area contributed by atoms with Crippen molar-refractivity contribution in [3.63, 3.8) is 0 Å². The Morgan fingerprint density at radius 2 is 1.95 bits per heavy atom. The molecule has 1 atom stereocenters. The van der Waals surface area contributed by atoms with Crippen LogP contribution in [0.3, 0.4) is 0 Å². The van der Waals surface area contributed by atoms with Crippen LogP contribution >= 0.6 is 0 Å². The van der Waals surface area contributed by atoms with Gasteiger partial charge in [0.1, 0.15) is 6.10 Å². The molecule has 1 unspecified atom stereocenters. The van der Waals surface area contributed by atoms with Crippen LogP contribution in [-0.2, 0) is 6.42 Å². The molecule has 2 N–H and O–H groups in total. The molecule has 0 fully saturated rings. The summed E-state index contributed by atoms with van der Waals surface area (Å²) in [5.74, 6) is -0.461. The Morgan fingerprint density at radius 3 is 2.65 bits per heavy atom. The minimum atomic E-state index is -1.34. The maximum atomic E-state index is 11.7. The first-order valence-corrected chi connectivity index (χ1v) is 7.52. The van der Waals surface area contributed by atoms with E-state index in [0.29, 0.717) is 5.56 Å². The minimum Gasteiger partial charge on any atom is -0.393 e. The Bertz CT molecular complexity index is 401. The van der Waals surface area contributed by atoms with E-state index in [-0.39, 0.29) is 0 Å². The average Bonchev–Trinajstić information content (AvgIpc) is 2.49. The molecule has 0 saturated heterocycles. The molecule has 1 rings (SSSR count). The fourth-order valence-corrected chi connectivity index (χ4v) is 2.18. The number of unbranched alkanes of at least 4 members (excludes halogenated alkanes) is 5. The van der Waals surface area contributed by atoms with Crippen LogP contribution in [0.4, 0.5) is 0 Å². The molecule has 0 aromatic heterocycles. The highest BCUT2D eigenvalue weighted by Crippen LogP contribution is 2.12. The van der Waals surface area contributed by atoms with Gasteiger partial charge in [0.05, 0.1) is 6.61 Å². The molecule has 0 aliphatic heterocycles.